The Morgan fingerprint density at radius 3 is 2.57 bits per heavy atom. The van der Waals surface area contributed by atoms with Crippen molar-refractivity contribution < 1.29 is 9.53 Å². The van der Waals surface area contributed by atoms with Crippen LogP contribution in [0.3, 0.4) is 0 Å². The fourth-order valence-corrected chi connectivity index (χ4v) is 1.21. The van der Waals surface area contributed by atoms with E-state index in [0.29, 0.717) is 5.78 Å². The van der Waals surface area contributed by atoms with Gasteiger partial charge >= 0.3 is 0 Å². The molecule has 0 aliphatic carbocycles. The van der Waals surface area contributed by atoms with E-state index in [1.54, 1.807) is 6.92 Å². The first kappa shape index (κ1) is 13.0. The Morgan fingerprint density at radius 2 is 1.93 bits per heavy atom. The van der Waals surface area contributed by atoms with Gasteiger partial charge in [-0.1, -0.05) is 31.6 Å². The highest BCUT2D eigenvalue weighted by Crippen LogP contribution is 2.05. The number of hydrogen-bond donors (Lipinski definition) is 0. The van der Waals surface area contributed by atoms with Gasteiger partial charge in [0.05, 0.1) is 6.61 Å². The van der Waals surface area contributed by atoms with Crippen LogP contribution in [-0.2, 0) is 9.53 Å². The predicted octanol–water partition coefficient (Wildman–Crippen LogP) is 3.23. The average molecular weight is 196 g/mol. The van der Waals surface area contributed by atoms with E-state index in [0.717, 1.165) is 32.3 Å². The Bertz CT molecular complexity index is 182. The van der Waals surface area contributed by atoms with Crippen molar-refractivity contribution in [3.05, 3.63) is 18.6 Å². The van der Waals surface area contributed by atoms with Crippen molar-refractivity contribution in [2.24, 2.45) is 0 Å². The van der Waals surface area contributed by atoms with Crippen LogP contribution in [0.2, 0.25) is 0 Å². The van der Waals surface area contributed by atoms with Gasteiger partial charge < -0.3 is 9.53 Å². The zero-order valence-electron chi connectivity index (χ0n) is 9.05. The first-order valence-electron chi connectivity index (χ1n) is 5.22. The molecule has 0 rings (SSSR count). The highest BCUT2D eigenvalue weighted by Gasteiger charge is 1.93. The lowest BCUT2D eigenvalue weighted by Crippen LogP contribution is -1.90. The zero-order valence-corrected chi connectivity index (χ0v) is 9.05. The molecule has 0 heterocycles. The number of ketones is 1. The summed E-state index contributed by atoms with van der Waals surface area (Å²) in [5.41, 5.74) is 2.56. The van der Waals surface area contributed by atoms with Crippen LogP contribution in [0, 0.1) is 0 Å². The minimum atomic E-state index is 0.296. The predicted molar refractivity (Wildman–Crippen MR) is 58.0 cm³/mol. The molecule has 0 spiro atoms. The van der Waals surface area contributed by atoms with Gasteiger partial charge in [0, 0.05) is 6.42 Å². The molecule has 2 heteroatoms. The summed E-state index contributed by atoms with van der Waals surface area (Å²) in [4.78, 5) is 10.6. The summed E-state index contributed by atoms with van der Waals surface area (Å²) in [5, 5.41) is 0. The maximum atomic E-state index is 10.6. The van der Waals surface area contributed by atoms with E-state index < -0.39 is 0 Å². The molecule has 0 aromatic heterocycles. The average Bonchev–Trinajstić information content (AvgIpc) is 2.15. The molecule has 0 saturated heterocycles. The standard InChI is InChI=1S/C12H20O2/c1-3-10-14-11-8-6-4-5-7-9-12(2)13/h10H,1,4-9,11H2,2H3. The Morgan fingerprint density at radius 1 is 1.29 bits per heavy atom. The third-order valence-corrected chi connectivity index (χ3v) is 1.96. The molecule has 80 valence electrons. The van der Waals surface area contributed by atoms with Crippen molar-refractivity contribution in [1.29, 1.82) is 0 Å². The number of ether oxygens (including phenoxy) is 1. The van der Waals surface area contributed by atoms with E-state index in [1.807, 2.05) is 0 Å². The molecule has 0 fully saturated rings. The molecule has 0 amide bonds. The first-order chi connectivity index (χ1) is 6.77. The Balaban J connectivity index is 2.99. The first-order valence-corrected chi connectivity index (χ1v) is 5.22. The van der Waals surface area contributed by atoms with E-state index in [-0.39, 0.29) is 0 Å². The number of carbonyl (C=O) groups excluding carboxylic acids is 1. The van der Waals surface area contributed by atoms with Gasteiger partial charge in [0.2, 0.25) is 0 Å². The lowest BCUT2D eigenvalue weighted by Gasteiger charge is -2.00. The number of carbonyl (C=O) groups is 1. The minimum absolute atomic E-state index is 0.296. The number of rotatable bonds is 9. The summed E-state index contributed by atoms with van der Waals surface area (Å²) in [5.74, 6) is 0.296. The second kappa shape index (κ2) is 10.1. The van der Waals surface area contributed by atoms with Gasteiger partial charge in [-0.05, 0) is 19.8 Å². The second-order valence-corrected chi connectivity index (χ2v) is 3.41. The van der Waals surface area contributed by atoms with E-state index in [4.69, 9.17) is 4.74 Å². The molecule has 0 radical (unpaired) electrons. The van der Waals surface area contributed by atoms with Crippen LogP contribution in [0.5, 0.6) is 0 Å². The van der Waals surface area contributed by atoms with Gasteiger partial charge in [-0.2, -0.15) is 0 Å². The smallest absolute Gasteiger partial charge is 0.129 e. The molecule has 0 atom stereocenters. The normalized spacial score (nSPS) is 9.21. The van der Waals surface area contributed by atoms with Crippen LogP contribution in [0.1, 0.15) is 45.4 Å². The Labute approximate surface area is 86.6 Å². The Kier molecular flexibility index (Phi) is 9.35. The monoisotopic (exact) mass is 196 g/mol. The van der Waals surface area contributed by atoms with Crippen molar-refractivity contribution in [1.82, 2.24) is 0 Å². The molecule has 0 bridgehead atoms. The van der Waals surface area contributed by atoms with Gasteiger partial charge in [-0.3, -0.25) is 0 Å². The van der Waals surface area contributed by atoms with Crippen molar-refractivity contribution >= 4 is 5.78 Å². The van der Waals surface area contributed by atoms with Gasteiger partial charge in [0.15, 0.2) is 0 Å². The van der Waals surface area contributed by atoms with Crippen LogP contribution < -0.4 is 0 Å². The lowest BCUT2D eigenvalue weighted by atomic mass is 10.1. The fourth-order valence-electron chi connectivity index (χ4n) is 1.21. The molecule has 0 aromatic rings. The Hall–Kier alpha value is -1.01. The van der Waals surface area contributed by atoms with Crippen LogP contribution in [0.4, 0.5) is 0 Å². The SMILES string of the molecule is C=C=COCCCCCCCC(C)=O. The van der Waals surface area contributed by atoms with Crippen molar-refractivity contribution in [2.45, 2.75) is 45.4 Å². The molecule has 0 N–H and O–H groups in total. The van der Waals surface area contributed by atoms with Crippen LogP contribution in [-0.4, -0.2) is 12.4 Å². The third kappa shape index (κ3) is 11.0. The lowest BCUT2D eigenvalue weighted by molar-refractivity contribution is -0.117. The van der Waals surface area contributed by atoms with Crippen LogP contribution >= 0.6 is 0 Å². The summed E-state index contributed by atoms with van der Waals surface area (Å²) >= 11 is 0. The minimum Gasteiger partial charge on any atom is -0.493 e. The summed E-state index contributed by atoms with van der Waals surface area (Å²) in [6.45, 7) is 5.79. The van der Waals surface area contributed by atoms with Gasteiger partial charge in [-0.25, -0.2) is 0 Å². The van der Waals surface area contributed by atoms with Gasteiger partial charge in [0.1, 0.15) is 12.0 Å². The zero-order chi connectivity index (χ0) is 10.6. The summed E-state index contributed by atoms with van der Waals surface area (Å²) in [6, 6.07) is 0. The van der Waals surface area contributed by atoms with Gasteiger partial charge in [0.25, 0.3) is 0 Å². The van der Waals surface area contributed by atoms with Crippen molar-refractivity contribution in [3.63, 3.8) is 0 Å². The molecule has 0 saturated carbocycles. The summed E-state index contributed by atoms with van der Waals surface area (Å²) < 4.78 is 5.07. The molecule has 0 aliphatic rings. The topological polar surface area (TPSA) is 26.3 Å². The molecular weight excluding hydrogens is 176 g/mol. The highest BCUT2D eigenvalue weighted by molar-refractivity contribution is 5.75. The van der Waals surface area contributed by atoms with Crippen LogP contribution in [0.15, 0.2) is 18.6 Å². The maximum absolute atomic E-state index is 10.6. The second-order valence-electron chi connectivity index (χ2n) is 3.41. The quantitative estimate of drug-likeness (QED) is 0.321. The van der Waals surface area contributed by atoms with Crippen LogP contribution in [0.25, 0.3) is 0 Å². The van der Waals surface area contributed by atoms with Crippen molar-refractivity contribution in [3.8, 4) is 0 Å². The van der Waals surface area contributed by atoms with E-state index in [2.05, 4.69) is 12.3 Å². The highest BCUT2D eigenvalue weighted by atomic mass is 16.5. The maximum Gasteiger partial charge on any atom is 0.129 e. The van der Waals surface area contributed by atoms with E-state index in [1.165, 1.54) is 19.1 Å². The van der Waals surface area contributed by atoms with Gasteiger partial charge in [-0.15, -0.1) is 0 Å². The molecule has 0 aliphatic heterocycles. The largest absolute Gasteiger partial charge is 0.493 e. The van der Waals surface area contributed by atoms with Crippen molar-refractivity contribution in [2.75, 3.05) is 6.61 Å². The molecule has 2 nitrogen and oxygen atoms in total. The number of unbranched alkanes of at least 4 members (excludes halogenated alkanes) is 4. The number of hydrogen-bond acceptors (Lipinski definition) is 2. The fraction of sp³-hybridized carbons (Fsp3) is 0.667. The third-order valence-electron chi connectivity index (χ3n) is 1.96. The molecule has 14 heavy (non-hydrogen) atoms. The summed E-state index contributed by atoms with van der Waals surface area (Å²) in [6.07, 6.45) is 7.83. The van der Waals surface area contributed by atoms with E-state index in [9.17, 15) is 4.79 Å². The van der Waals surface area contributed by atoms with E-state index >= 15 is 0 Å². The molecule has 0 unspecified atom stereocenters. The molecule has 0 aromatic carbocycles. The summed E-state index contributed by atoms with van der Waals surface area (Å²) in [7, 11) is 0. The molecular formula is C12H20O2. The number of Topliss-reactive ketones (excluding diaryl/α,β-unsaturated/α-hetero) is 1.